The van der Waals surface area contributed by atoms with Gasteiger partial charge in [0.1, 0.15) is 0 Å². The Morgan fingerprint density at radius 1 is 1.22 bits per heavy atom. The molecular weight excluding hydrogens is 226 g/mol. The molecule has 1 aromatic rings. The first kappa shape index (κ1) is 13.5. The fourth-order valence-electron chi connectivity index (χ4n) is 2.44. The van der Waals surface area contributed by atoms with Gasteiger partial charge in [-0.3, -0.25) is 0 Å². The van der Waals surface area contributed by atoms with E-state index < -0.39 is 0 Å². The van der Waals surface area contributed by atoms with Crippen LogP contribution >= 0.6 is 0 Å². The van der Waals surface area contributed by atoms with Crippen molar-refractivity contribution in [3.05, 3.63) is 35.4 Å². The van der Waals surface area contributed by atoms with Crippen molar-refractivity contribution in [1.82, 2.24) is 4.90 Å². The Morgan fingerprint density at radius 3 is 2.28 bits per heavy atom. The summed E-state index contributed by atoms with van der Waals surface area (Å²) in [6.07, 6.45) is 1.08. The molecule has 1 aromatic carbocycles. The molecule has 1 aliphatic heterocycles. The number of nitrogens with zero attached hydrogens (tertiary/aromatic N) is 1. The molecule has 0 aromatic heterocycles. The number of rotatable bonds is 6. The van der Waals surface area contributed by atoms with Crippen LogP contribution in [0.3, 0.4) is 0 Å². The summed E-state index contributed by atoms with van der Waals surface area (Å²) in [7, 11) is 2.10. The summed E-state index contributed by atoms with van der Waals surface area (Å²) in [5.74, 6) is 0. The van der Waals surface area contributed by atoms with Crippen LogP contribution in [0.1, 0.15) is 18.1 Å². The molecule has 3 nitrogen and oxygen atoms in total. The topological polar surface area (TPSA) is 32.7 Å². The van der Waals surface area contributed by atoms with E-state index in [1.54, 1.807) is 0 Å². The van der Waals surface area contributed by atoms with E-state index in [1.165, 1.54) is 11.1 Å². The third-order valence-corrected chi connectivity index (χ3v) is 3.64. The highest BCUT2D eigenvalue weighted by atomic mass is 16.5. The molecule has 18 heavy (non-hydrogen) atoms. The average molecular weight is 249 g/mol. The fraction of sp³-hybridized carbons (Fsp3) is 0.600. The Hall–Kier alpha value is -0.900. The zero-order chi connectivity index (χ0) is 13.0. The molecule has 1 heterocycles. The molecule has 0 saturated carbocycles. The molecule has 3 heteroatoms. The highest BCUT2D eigenvalue weighted by molar-refractivity contribution is 5.22. The van der Waals surface area contributed by atoms with Gasteiger partial charge < -0.3 is 14.7 Å². The lowest BCUT2D eigenvalue weighted by Crippen LogP contribution is -2.52. The Kier molecular flexibility index (Phi) is 4.38. The number of ether oxygens (including phenoxy) is 1. The van der Waals surface area contributed by atoms with Gasteiger partial charge in [0.2, 0.25) is 0 Å². The van der Waals surface area contributed by atoms with E-state index in [0.717, 1.165) is 19.5 Å². The minimum atomic E-state index is -0.0297. The summed E-state index contributed by atoms with van der Waals surface area (Å²) >= 11 is 0. The summed E-state index contributed by atoms with van der Waals surface area (Å²) in [5, 5.41) is 9.41. The second-order valence-electron chi connectivity index (χ2n) is 5.49. The van der Waals surface area contributed by atoms with Crippen molar-refractivity contribution in [3.63, 3.8) is 0 Å². The molecule has 100 valence electrons. The summed E-state index contributed by atoms with van der Waals surface area (Å²) in [4.78, 5) is 2.26. The minimum absolute atomic E-state index is 0.0297. The maximum atomic E-state index is 9.41. The third-order valence-electron chi connectivity index (χ3n) is 3.64. The SMILES string of the molecule is CCc1ccc(CN(C)CC2(CO)COC2)cc1. The quantitative estimate of drug-likeness (QED) is 0.833. The molecule has 1 saturated heterocycles. The Balaban J connectivity index is 1.88. The van der Waals surface area contributed by atoms with Crippen molar-refractivity contribution < 1.29 is 9.84 Å². The lowest BCUT2D eigenvalue weighted by atomic mass is 9.86. The lowest BCUT2D eigenvalue weighted by molar-refractivity contribution is -0.147. The molecule has 0 aliphatic carbocycles. The maximum absolute atomic E-state index is 9.41. The van der Waals surface area contributed by atoms with Crippen LogP contribution in [0.5, 0.6) is 0 Å². The van der Waals surface area contributed by atoms with Crippen molar-refractivity contribution in [2.75, 3.05) is 33.4 Å². The van der Waals surface area contributed by atoms with E-state index in [9.17, 15) is 5.11 Å². The summed E-state index contributed by atoms with van der Waals surface area (Å²) < 4.78 is 5.22. The molecule has 1 aliphatic rings. The van der Waals surface area contributed by atoms with E-state index in [1.807, 2.05) is 0 Å². The van der Waals surface area contributed by atoms with Crippen LogP contribution in [0.2, 0.25) is 0 Å². The van der Waals surface area contributed by atoms with Crippen LogP contribution in [0.25, 0.3) is 0 Å². The molecular formula is C15H23NO2. The van der Waals surface area contributed by atoms with Gasteiger partial charge in [-0.1, -0.05) is 31.2 Å². The molecule has 1 N–H and O–H groups in total. The minimum Gasteiger partial charge on any atom is -0.396 e. The van der Waals surface area contributed by atoms with Gasteiger partial charge >= 0.3 is 0 Å². The van der Waals surface area contributed by atoms with Crippen LogP contribution < -0.4 is 0 Å². The molecule has 0 radical (unpaired) electrons. The monoisotopic (exact) mass is 249 g/mol. The molecule has 0 atom stereocenters. The third kappa shape index (κ3) is 3.10. The smallest absolute Gasteiger partial charge is 0.0579 e. The first-order chi connectivity index (χ1) is 8.67. The second-order valence-corrected chi connectivity index (χ2v) is 5.49. The average Bonchev–Trinajstić information content (AvgIpc) is 2.35. The molecule has 0 amide bonds. The van der Waals surface area contributed by atoms with Gasteiger partial charge in [0.25, 0.3) is 0 Å². The highest BCUT2D eigenvalue weighted by Crippen LogP contribution is 2.27. The molecule has 0 spiro atoms. The number of hydrogen-bond donors (Lipinski definition) is 1. The summed E-state index contributed by atoms with van der Waals surface area (Å²) in [6.45, 7) is 5.56. The van der Waals surface area contributed by atoms with Crippen LogP contribution in [0, 0.1) is 5.41 Å². The highest BCUT2D eigenvalue weighted by Gasteiger charge is 2.38. The van der Waals surface area contributed by atoms with Gasteiger partial charge in [0.05, 0.1) is 25.2 Å². The number of aryl methyl sites for hydroxylation is 1. The van der Waals surface area contributed by atoms with Crippen molar-refractivity contribution in [3.8, 4) is 0 Å². The zero-order valence-electron chi connectivity index (χ0n) is 11.4. The van der Waals surface area contributed by atoms with Crippen molar-refractivity contribution >= 4 is 0 Å². The first-order valence-corrected chi connectivity index (χ1v) is 6.62. The predicted octanol–water partition coefficient (Wildman–Crippen LogP) is 1.69. The predicted molar refractivity (Wildman–Crippen MR) is 72.5 cm³/mol. The molecule has 0 unspecified atom stereocenters. The number of aliphatic hydroxyl groups excluding tert-OH is 1. The van der Waals surface area contributed by atoms with E-state index in [4.69, 9.17) is 4.74 Å². The number of benzene rings is 1. The van der Waals surface area contributed by atoms with E-state index in [2.05, 4.69) is 43.1 Å². The normalized spacial score (nSPS) is 17.8. The maximum Gasteiger partial charge on any atom is 0.0579 e. The Labute approximate surface area is 109 Å². The number of hydrogen-bond acceptors (Lipinski definition) is 3. The van der Waals surface area contributed by atoms with Gasteiger partial charge in [-0.2, -0.15) is 0 Å². The van der Waals surface area contributed by atoms with E-state index >= 15 is 0 Å². The fourth-order valence-corrected chi connectivity index (χ4v) is 2.44. The van der Waals surface area contributed by atoms with Gasteiger partial charge in [-0.25, -0.2) is 0 Å². The Bertz CT molecular complexity index is 365. The van der Waals surface area contributed by atoms with Crippen LogP contribution in [0.15, 0.2) is 24.3 Å². The van der Waals surface area contributed by atoms with Crippen molar-refractivity contribution in [2.24, 2.45) is 5.41 Å². The van der Waals surface area contributed by atoms with E-state index in [0.29, 0.717) is 13.2 Å². The van der Waals surface area contributed by atoms with Crippen LogP contribution in [-0.4, -0.2) is 43.4 Å². The summed E-state index contributed by atoms with van der Waals surface area (Å²) in [6, 6.07) is 8.77. The zero-order valence-corrected chi connectivity index (χ0v) is 11.4. The van der Waals surface area contributed by atoms with Crippen LogP contribution in [0.4, 0.5) is 0 Å². The summed E-state index contributed by atoms with van der Waals surface area (Å²) in [5.41, 5.74) is 2.67. The van der Waals surface area contributed by atoms with Crippen LogP contribution in [-0.2, 0) is 17.7 Å². The largest absolute Gasteiger partial charge is 0.396 e. The molecule has 2 rings (SSSR count). The van der Waals surface area contributed by atoms with Gasteiger partial charge in [-0.15, -0.1) is 0 Å². The standard InChI is InChI=1S/C15H23NO2/c1-3-13-4-6-14(7-5-13)8-16(2)9-15(10-17)11-18-12-15/h4-7,17H,3,8-12H2,1-2H3. The Morgan fingerprint density at radius 2 is 1.83 bits per heavy atom. The van der Waals surface area contributed by atoms with Gasteiger partial charge in [-0.05, 0) is 24.6 Å². The second kappa shape index (κ2) is 5.83. The number of aliphatic hydroxyl groups is 1. The lowest BCUT2D eigenvalue weighted by Gasteiger charge is -2.42. The van der Waals surface area contributed by atoms with Gasteiger partial charge in [0.15, 0.2) is 0 Å². The molecule has 1 fully saturated rings. The first-order valence-electron chi connectivity index (χ1n) is 6.62. The van der Waals surface area contributed by atoms with Gasteiger partial charge in [0, 0.05) is 13.1 Å². The van der Waals surface area contributed by atoms with Crippen molar-refractivity contribution in [1.29, 1.82) is 0 Å². The van der Waals surface area contributed by atoms with Crippen molar-refractivity contribution in [2.45, 2.75) is 19.9 Å². The molecule has 0 bridgehead atoms. The van der Waals surface area contributed by atoms with E-state index in [-0.39, 0.29) is 12.0 Å².